The number of benzene rings is 2. The zero-order chi connectivity index (χ0) is 18.8. The number of fused-ring (bicyclic) bond motifs is 1. The Kier molecular flexibility index (Phi) is 5.01. The normalized spacial score (nSPS) is 15.3. The number of hydrogen-bond acceptors (Lipinski definition) is 6. The van der Waals surface area contributed by atoms with Gasteiger partial charge in [0.1, 0.15) is 36.0 Å². The third-order valence-corrected chi connectivity index (χ3v) is 5.06. The fourth-order valence-corrected chi connectivity index (χ4v) is 3.34. The van der Waals surface area contributed by atoms with Crippen molar-refractivity contribution in [2.45, 2.75) is 10.5 Å². The van der Waals surface area contributed by atoms with Gasteiger partial charge in [0.15, 0.2) is 0 Å². The summed E-state index contributed by atoms with van der Waals surface area (Å²) in [4.78, 5) is 4.39. The third kappa shape index (κ3) is 3.91. The van der Waals surface area contributed by atoms with Gasteiger partial charge in [0, 0.05) is 27.8 Å². The molecule has 136 valence electrons. The van der Waals surface area contributed by atoms with Gasteiger partial charge in [-0.3, -0.25) is 4.98 Å². The fraction of sp³-hybridized carbons (Fsp3) is 0.200. The molecule has 0 radical (unpaired) electrons. The van der Waals surface area contributed by atoms with Crippen LogP contribution in [-0.2, 0) is 9.16 Å². The Morgan fingerprint density at radius 3 is 2.85 bits per heavy atom. The number of epoxide rings is 1. The van der Waals surface area contributed by atoms with E-state index in [9.17, 15) is 5.26 Å². The highest BCUT2D eigenvalue weighted by molar-refractivity contribution is 14.1. The lowest BCUT2D eigenvalue weighted by Gasteiger charge is -2.12. The second-order valence-corrected chi connectivity index (χ2v) is 6.91. The summed E-state index contributed by atoms with van der Waals surface area (Å²) in [6.45, 7) is 1.13. The number of nitrogens with two attached hydrogens (primary N) is 1. The molecule has 0 amide bonds. The molecule has 1 fully saturated rings. The molecule has 1 atom stereocenters. The van der Waals surface area contributed by atoms with E-state index in [4.69, 9.17) is 19.9 Å². The van der Waals surface area contributed by atoms with E-state index in [0.29, 0.717) is 41.5 Å². The number of nitriles is 1. The number of alkyl halides is 1. The molecule has 7 heteroatoms. The fourth-order valence-electron chi connectivity index (χ4n) is 2.68. The molecule has 2 N–H and O–H groups in total. The quantitative estimate of drug-likeness (QED) is 0.250. The number of ether oxygens (including phenoxy) is 3. The minimum atomic E-state index is 0.118. The molecule has 1 aliphatic rings. The molecule has 3 aromatic rings. The van der Waals surface area contributed by atoms with Gasteiger partial charge in [0.2, 0.25) is 0 Å². The van der Waals surface area contributed by atoms with Crippen LogP contribution in [0.3, 0.4) is 0 Å². The van der Waals surface area contributed by atoms with Crippen LogP contribution in [0.1, 0.15) is 11.1 Å². The molecule has 2 aromatic carbocycles. The van der Waals surface area contributed by atoms with Crippen molar-refractivity contribution in [2.24, 2.45) is 0 Å². The van der Waals surface area contributed by atoms with Crippen molar-refractivity contribution in [1.82, 2.24) is 4.98 Å². The molecular weight excluding hydrogens is 457 g/mol. The number of pyridine rings is 1. The molecule has 1 aliphatic heterocycles. The van der Waals surface area contributed by atoms with Crippen LogP contribution in [0.15, 0.2) is 42.6 Å². The zero-order valence-electron chi connectivity index (χ0n) is 14.3. The number of halogens is 1. The number of anilines is 1. The molecule has 0 bridgehead atoms. The van der Waals surface area contributed by atoms with Crippen LogP contribution in [0.5, 0.6) is 17.2 Å². The van der Waals surface area contributed by atoms with E-state index in [2.05, 4.69) is 33.6 Å². The summed E-state index contributed by atoms with van der Waals surface area (Å²) >= 11 is 2.27. The monoisotopic (exact) mass is 473 g/mol. The summed E-state index contributed by atoms with van der Waals surface area (Å²) in [5, 5.41) is 10.2. The van der Waals surface area contributed by atoms with Gasteiger partial charge in [-0.25, -0.2) is 0 Å². The van der Waals surface area contributed by atoms with Crippen molar-refractivity contribution in [3.05, 3.63) is 53.7 Å². The van der Waals surface area contributed by atoms with Crippen molar-refractivity contribution in [3.8, 4) is 23.3 Å². The van der Waals surface area contributed by atoms with Crippen LogP contribution >= 0.6 is 22.6 Å². The first-order valence-corrected chi connectivity index (χ1v) is 9.90. The SMILES string of the molecule is N#Cc1cc2c(Oc3ccc(N)c(CI)c3)ccnc2cc1OC[C@@H]1CO1. The van der Waals surface area contributed by atoms with Crippen molar-refractivity contribution in [3.63, 3.8) is 0 Å². The maximum absolute atomic E-state index is 9.50. The Morgan fingerprint density at radius 1 is 1.26 bits per heavy atom. The van der Waals surface area contributed by atoms with Gasteiger partial charge >= 0.3 is 0 Å². The molecule has 6 nitrogen and oxygen atoms in total. The van der Waals surface area contributed by atoms with Crippen molar-refractivity contribution < 1.29 is 14.2 Å². The van der Waals surface area contributed by atoms with E-state index in [1.54, 1.807) is 24.4 Å². The first-order chi connectivity index (χ1) is 13.2. The zero-order valence-corrected chi connectivity index (χ0v) is 16.5. The average molecular weight is 473 g/mol. The van der Waals surface area contributed by atoms with Crippen LogP contribution in [0, 0.1) is 11.3 Å². The molecule has 2 heterocycles. The highest BCUT2D eigenvalue weighted by Crippen LogP contribution is 2.34. The van der Waals surface area contributed by atoms with Gasteiger partial charge < -0.3 is 19.9 Å². The average Bonchev–Trinajstić information content (AvgIpc) is 3.52. The van der Waals surface area contributed by atoms with E-state index >= 15 is 0 Å². The maximum atomic E-state index is 9.50. The van der Waals surface area contributed by atoms with Crippen LogP contribution in [0.25, 0.3) is 10.9 Å². The first-order valence-electron chi connectivity index (χ1n) is 8.37. The van der Waals surface area contributed by atoms with E-state index in [-0.39, 0.29) is 6.10 Å². The van der Waals surface area contributed by atoms with E-state index in [0.717, 1.165) is 21.1 Å². The van der Waals surface area contributed by atoms with Gasteiger partial charge in [-0.15, -0.1) is 0 Å². The van der Waals surface area contributed by atoms with Crippen molar-refractivity contribution >= 4 is 39.2 Å². The maximum Gasteiger partial charge on any atom is 0.139 e. The van der Waals surface area contributed by atoms with Crippen LogP contribution in [-0.4, -0.2) is 24.3 Å². The highest BCUT2D eigenvalue weighted by Gasteiger charge is 2.24. The number of hydrogen-bond donors (Lipinski definition) is 1. The van der Waals surface area contributed by atoms with Crippen molar-refractivity contribution in [1.29, 1.82) is 5.26 Å². The lowest BCUT2D eigenvalue weighted by molar-refractivity contribution is 0.262. The largest absolute Gasteiger partial charge is 0.489 e. The van der Waals surface area contributed by atoms with E-state index in [1.165, 1.54) is 0 Å². The third-order valence-electron chi connectivity index (χ3n) is 4.24. The molecule has 0 unspecified atom stereocenters. The predicted molar refractivity (Wildman–Crippen MR) is 110 cm³/mol. The van der Waals surface area contributed by atoms with E-state index < -0.39 is 0 Å². The summed E-state index contributed by atoms with van der Waals surface area (Å²) in [7, 11) is 0. The summed E-state index contributed by atoms with van der Waals surface area (Å²) in [6.07, 6.45) is 1.79. The molecule has 27 heavy (non-hydrogen) atoms. The summed E-state index contributed by atoms with van der Waals surface area (Å²) in [5.41, 5.74) is 8.85. The highest BCUT2D eigenvalue weighted by atomic mass is 127. The molecule has 1 aromatic heterocycles. The Balaban J connectivity index is 1.69. The number of nitrogens with zero attached hydrogens (tertiary/aromatic N) is 2. The van der Waals surface area contributed by atoms with Crippen molar-refractivity contribution in [2.75, 3.05) is 18.9 Å². The molecule has 1 saturated heterocycles. The molecule has 4 rings (SSSR count). The first kappa shape index (κ1) is 17.8. The minimum Gasteiger partial charge on any atom is -0.489 e. The standard InChI is InChI=1S/C20H16IN3O3/c21-8-12-5-14(1-2-17(12)23)27-19-3-4-24-18-7-20(26-11-15-10-25-15)13(9-22)6-16(18)19/h1-7,15H,8,10-11,23H2/t15-/m0/s1. The topological polar surface area (TPSA) is 93.7 Å². The molecule has 0 aliphatic carbocycles. The summed E-state index contributed by atoms with van der Waals surface area (Å²) < 4.78 is 17.7. The number of rotatable bonds is 6. The number of nitrogen functional groups attached to an aromatic ring is 1. The Labute approximate surface area is 170 Å². The summed E-state index contributed by atoms with van der Waals surface area (Å²) in [5.74, 6) is 1.82. The molecule has 0 spiro atoms. The van der Waals surface area contributed by atoms with Gasteiger partial charge in [-0.05, 0) is 35.9 Å². The summed E-state index contributed by atoms with van der Waals surface area (Å²) in [6, 6.07) is 13.1. The predicted octanol–water partition coefficient (Wildman–Crippen LogP) is 4.19. The van der Waals surface area contributed by atoms with Gasteiger partial charge in [-0.1, -0.05) is 22.6 Å². The Morgan fingerprint density at radius 2 is 2.11 bits per heavy atom. The lowest BCUT2D eigenvalue weighted by Crippen LogP contribution is -2.05. The van der Waals surface area contributed by atoms with Crippen LogP contribution in [0.2, 0.25) is 0 Å². The second-order valence-electron chi connectivity index (χ2n) is 6.15. The molecule has 0 saturated carbocycles. The number of aromatic nitrogens is 1. The Bertz CT molecular complexity index is 1040. The van der Waals surface area contributed by atoms with Gasteiger partial charge in [-0.2, -0.15) is 5.26 Å². The second kappa shape index (κ2) is 7.58. The minimum absolute atomic E-state index is 0.118. The van der Waals surface area contributed by atoms with Gasteiger partial charge in [0.05, 0.1) is 17.7 Å². The van der Waals surface area contributed by atoms with Gasteiger partial charge in [0.25, 0.3) is 0 Å². The molecular formula is C20H16IN3O3. The Hall–Kier alpha value is -2.57. The van der Waals surface area contributed by atoms with Crippen LogP contribution < -0.4 is 15.2 Å². The lowest BCUT2D eigenvalue weighted by atomic mass is 10.1. The van der Waals surface area contributed by atoms with Crippen LogP contribution in [0.4, 0.5) is 5.69 Å². The smallest absolute Gasteiger partial charge is 0.139 e. The van der Waals surface area contributed by atoms with E-state index in [1.807, 2.05) is 18.2 Å².